The number of thioether (sulfide) groups is 1. The van der Waals surface area contributed by atoms with Crippen LogP contribution in [-0.2, 0) is 14.3 Å². The Morgan fingerprint density at radius 1 is 1.35 bits per heavy atom. The van der Waals surface area contributed by atoms with Crippen molar-refractivity contribution in [3.63, 3.8) is 0 Å². The molecule has 1 saturated carbocycles. The Kier molecular flexibility index (Phi) is 4.33. The van der Waals surface area contributed by atoms with E-state index in [1.165, 1.54) is 7.11 Å². The van der Waals surface area contributed by atoms with Crippen molar-refractivity contribution in [2.75, 3.05) is 20.3 Å². The van der Waals surface area contributed by atoms with Crippen LogP contribution in [0.5, 0.6) is 0 Å². The monoisotopic (exact) mass is 259 g/mol. The van der Waals surface area contributed by atoms with Crippen molar-refractivity contribution in [1.82, 2.24) is 0 Å². The molecule has 4 nitrogen and oxygen atoms in total. The highest BCUT2D eigenvalue weighted by atomic mass is 32.2. The van der Waals surface area contributed by atoms with Gasteiger partial charge in [-0.25, -0.2) is 0 Å². The first-order chi connectivity index (χ1) is 8.14. The average Bonchev–Trinajstić information content (AvgIpc) is 2.72. The molecule has 1 saturated heterocycles. The summed E-state index contributed by atoms with van der Waals surface area (Å²) >= 11 is 1.99. The van der Waals surface area contributed by atoms with E-state index in [9.17, 15) is 4.79 Å². The third kappa shape index (κ3) is 3.14. The van der Waals surface area contributed by atoms with Gasteiger partial charge < -0.3 is 15.2 Å². The van der Waals surface area contributed by atoms with Crippen LogP contribution >= 0.6 is 11.8 Å². The second kappa shape index (κ2) is 5.59. The predicted molar refractivity (Wildman–Crippen MR) is 68.0 cm³/mol. The van der Waals surface area contributed by atoms with E-state index in [-0.39, 0.29) is 5.97 Å². The number of ether oxygens (including phenoxy) is 2. The second-order valence-corrected chi connectivity index (χ2v) is 6.57. The number of hydrogen-bond acceptors (Lipinski definition) is 5. The van der Waals surface area contributed by atoms with E-state index in [0.29, 0.717) is 10.5 Å². The maximum absolute atomic E-state index is 11.6. The average molecular weight is 259 g/mol. The van der Waals surface area contributed by atoms with Crippen molar-refractivity contribution in [3.05, 3.63) is 0 Å². The first-order valence-electron chi connectivity index (χ1n) is 6.24. The van der Waals surface area contributed by atoms with Crippen LogP contribution in [0.3, 0.4) is 0 Å². The molecule has 0 spiro atoms. The molecule has 5 heteroatoms. The minimum absolute atomic E-state index is 0.257. The summed E-state index contributed by atoms with van der Waals surface area (Å²) in [5.74, 6) is -0.257. The molecule has 2 N–H and O–H groups in total. The summed E-state index contributed by atoms with van der Waals surface area (Å²) in [6, 6.07) is 0. The van der Waals surface area contributed by atoms with Gasteiger partial charge in [-0.1, -0.05) is 0 Å². The molecule has 0 radical (unpaired) electrons. The molecule has 2 unspecified atom stereocenters. The molecular formula is C12H21NO3S. The lowest BCUT2D eigenvalue weighted by Gasteiger charge is -2.25. The van der Waals surface area contributed by atoms with Gasteiger partial charge in [0.15, 0.2) is 0 Å². The maximum Gasteiger partial charge on any atom is 0.325 e. The number of carbonyl (C=O) groups is 1. The van der Waals surface area contributed by atoms with Crippen LogP contribution in [0.2, 0.25) is 0 Å². The first-order valence-corrected chi connectivity index (χ1v) is 7.19. The molecule has 2 aliphatic rings. The molecule has 2 rings (SSSR count). The van der Waals surface area contributed by atoms with E-state index in [0.717, 1.165) is 45.3 Å². The summed E-state index contributed by atoms with van der Waals surface area (Å²) in [6.07, 6.45) is 4.77. The van der Waals surface area contributed by atoms with Crippen LogP contribution in [0.1, 0.15) is 32.1 Å². The first kappa shape index (κ1) is 13.2. The van der Waals surface area contributed by atoms with Gasteiger partial charge in [-0.3, -0.25) is 4.79 Å². The molecule has 0 amide bonds. The lowest BCUT2D eigenvalue weighted by Crippen LogP contribution is -2.46. The van der Waals surface area contributed by atoms with Crippen LogP contribution in [0.25, 0.3) is 0 Å². The van der Waals surface area contributed by atoms with Crippen molar-refractivity contribution in [1.29, 1.82) is 0 Å². The molecule has 0 aromatic carbocycles. The fourth-order valence-corrected chi connectivity index (χ4v) is 4.27. The molecule has 17 heavy (non-hydrogen) atoms. The highest BCUT2D eigenvalue weighted by Crippen LogP contribution is 2.39. The number of esters is 1. The molecule has 0 aromatic rings. The number of hydrogen-bond donors (Lipinski definition) is 1. The smallest absolute Gasteiger partial charge is 0.325 e. The number of methoxy groups -OCH3 is 1. The van der Waals surface area contributed by atoms with Crippen molar-refractivity contribution < 1.29 is 14.3 Å². The standard InChI is InChI=1S/C12H21NO3S/c1-15-11(14)12(13)5-2-10(8-12)17-9-3-6-16-7-4-9/h9-10H,2-8,13H2,1H3. The maximum atomic E-state index is 11.6. The van der Waals surface area contributed by atoms with Crippen LogP contribution in [0.15, 0.2) is 0 Å². The molecule has 0 aromatic heterocycles. The lowest BCUT2D eigenvalue weighted by molar-refractivity contribution is -0.146. The molecule has 2 atom stereocenters. The zero-order valence-corrected chi connectivity index (χ0v) is 11.1. The Bertz CT molecular complexity index is 281. The topological polar surface area (TPSA) is 61.5 Å². The summed E-state index contributed by atoms with van der Waals surface area (Å²) in [5.41, 5.74) is 5.36. The van der Waals surface area contributed by atoms with Crippen molar-refractivity contribution >= 4 is 17.7 Å². The van der Waals surface area contributed by atoms with E-state index < -0.39 is 5.54 Å². The fraction of sp³-hybridized carbons (Fsp3) is 0.917. The Morgan fingerprint density at radius 2 is 2.06 bits per heavy atom. The van der Waals surface area contributed by atoms with Crippen molar-refractivity contribution in [2.45, 2.75) is 48.1 Å². The number of rotatable bonds is 3. The summed E-state index contributed by atoms with van der Waals surface area (Å²) < 4.78 is 10.1. The van der Waals surface area contributed by atoms with Gasteiger partial charge in [0, 0.05) is 23.7 Å². The van der Waals surface area contributed by atoms with Gasteiger partial charge in [0.1, 0.15) is 5.54 Å². The molecule has 1 aliphatic carbocycles. The van der Waals surface area contributed by atoms with Gasteiger partial charge in [-0.15, -0.1) is 0 Å². The van der Waals surface area contributed by atoms with Gasteiger partial charge in [-0.2, -0.15) is 11.8 Å². The number of nitrogens with two attached hydrogens (primary N) is 1. The Labute approximate surface area is 107 Å². The minimum Gasteiger partial charge on any atom is -0.468 e. The lowest BCUT2D eigenvalue weighted by atomic mass is 10.00. The minimum atomic E-state index is -0.739. The van der Waals surface area contributed by atoms with Gasteiger partial charge in [-0.05, 0) is 32.1 Å². The molecule has 98 valence electrons. The summed E-state index contributed by atoms with van der Waals surface area (Å²) in [4.78, 5) is 11.6. The van der Waals surface area contributed by atoms with Crippen molar-refractivity contribution in [2.24, 2.45) is 5.73 Å². The largest absolute Gasteiger partial charge is 0.468 e. The quantitative estimate of drug-likeness (QED) is 0.775. The normalized spacial score (nSPS) is 34.8. The molecule has 0 bridgehead atoms. The summed E-state index contributed by atoms with van der Waals surface area (Å²) in [7, 11) is 1.41. The van der Waals surface area contributed by atoms with Crippen LogP contribution in [0, 0.1) is 0 Å². The second-order valence-electron chi connectivity index (χ2n) is 4.96. The van der Waals surface area contributed by atoms with Crippen molar-refractivity contribution in [3.8, 4) is 0 Å². The molecule has 1 heterocycles. The molecule has 1 aliphatic heterocycles. The fourth-order valence-electron chi connectivity index (χ4n) is 2.62. The van der Waals surface area contributed by atoms with Gasteiger partial charge >= 0.3 is 5.97 Å². The van der Waals surface area contributed by atoms with Crippen LogP contribution < -0.4 is 5.73 Å². The van der Waals surface area contributed by atoms with E-state index in [1.54, 1.807) is 0 Å². The molecular weight excluding hydrogens is 238 g/mol. The third-order valence-corrected chi connectivity index (χ3v) is 5.29. The zero-order valence-electron chi connectivity index (χ0n) is 10.3. The highest BCUT2D eigenvalue weighted by Gasteiger charge is 2.43. The predicted octanol–water partition coefficient (Wildman–Crippen LogP) is 1.32. The zero-order chi connectivity index (χ0) is 12.3. The van der Waals surface area contributed by atoms with E-state index >= 15 is 0 Å². The third-order valence-electron chi connectivity index (χ3n) is 3.65. The van der Waals surface area contributed by atoms with Crippen LogP contribution in [0.4, 0.5) is 0 Å². The SMILES string of the molecule is COC(=O)C1(N)CCC(SC2CCOCC2)C1. The van der Waals surface area contributed by atoms with E-state index in [2.05, 4.69) is 0 Å². The summed E-state index contributed by atoms with van der Waals surface area (Å²) in [6.45, 7) is 1.74. The van der Waals surface area contributed by atoms with E-state index in [4.69, 9.17) is 15.2 Å². The Morgan fingerprint density at radius 3 is 2.71 bits per heavy atom. The highest BCUT2D eigenvalue weighted by molar-refractivity contribution is 8.00. The number of carbonyl (C=O) groups excluding carboxylic acids is 1. The Balaban J connectivity index is 1.82. The summed E-state index contributed by atoms with van der Waals surface area (Å²) in [5, 5.41) is 1.18. The van der Waals surface area contributed by atoms with Gasteiger partial charge in [0.05, 0.1) is 7.11 Å². The van der Waals surface area contributed by atoms with Gasteiger partial charge in [0.25, 0.3) is 0 Å². The molecule has 2 fully saturated rings. The Hall–Kier alpha value is -0.260. The van der Waals surface area contributed by atoms with Gasteiger partial charge in [0.2, 0.25) is 0 Å². The van der Waals surface area contributed by atoms with Crippen LogP contribution in [-0.4, -0.2) is 42.3 Å². The van der Waals surface area contributed by atoms with E-state index in [1.807, 2.05) is 11.8 Å².